The first kappa shape index (κ1) is 21.0. The van der Waals surface area contributed by atoms with Gasteiger partial charge in [0.25, 0.3) is 0 Å². The minimum atomic E-state index is -3.07. The van der Waals surface area contributed by atoms with Crippen LogP contribution in [0.25, 0.3) is 0 Å². The Morgan fingerprint density at radius 3 is 1.50 bits per heavy atom. The third-order valence-corrected chi connectivity index (χ3v) is 4.28. The number of nitrogens with two attached hydrogens (primary N) is 2. The second kappa shape index (κ2) is 10.7. The average molecular weight is 340 g/mol. The van der Waals surface area contributed by atoms with Gasteiger partial charge in [0, 0.05) is 0 Å². The molecule has 0 aliphatic heterocycles. The molecule has 0 rings (SSSR count). The molecule has 0 spiro atoms. The van der Waals surface area contributed by atoms with Gasteiger partial charge in [0.1, 0.15) is 0 Å². The van der Waals surface area contributed by atoms with Crippen LogP contribution in [-0.2, 0) is 23.2 Å². The molecular weight excluding hydrogens is 315 g/mol. The molecule has 0 fully saturated rings. The maximum Gasteiger partial charge on any atom is 0.319 e. The molecule has 0 heterocycles. The Labute approximate surface area is 129 Å². The summed E-state index contributed by atoms with van der Waals surface area (Å²) in [6, 6.07) is 0. The molecule has 22 heavy (non-hydrogen) atoms. The maximum absolute atomic E-state index is 11.9. The number of hydrogen-bond acceptors (Lipinski definition) is 7. The lowest BCUT2D eigenvalue weighted by Crippen LogP contribution is -2.31. The molecule has 0 radical (unpaired) electrons. The molecule has 0 saturated carbocycles. The Bertz CT molecular complexity index is 360. The molecule has 0 aliphatic carbocycles. The number of hydrogen-bond donors (Lipinski definition) is 4. The molecule has 0 aromatic carbocycles. The van der Waals surface area contributed by atoms with Crippen LogP contribution >= 0.6 is 8.25 Å². The molecule has 4 unspecified atom stereocenters. The van der Waals surface area contributed by atoms with Gasteiger partial charge in [-0.05, 0) is 39.8 Å². The van der Waals surface area contributed by atoms with Crippen LogP contribution in [0.4, 0.5) is 0 Å². The first-order valence-corrected chi connectivity index (χ1v) is 8.20. The largest absolute Gasteiger partial charge is 0.481 e. The van der Waals surface area contributed by atoms with E-state index in [-0.39, 0.29) is 25.9 Å². The fraction of sp³-hybridized carbons (Fsp3) is 0.833. The van der Waals surface area contributed by atoms with Crippen molar-refractivity contribution in [2.24, 2.45) is 23.3 Å². The molecule has 0 aliphatic rings. The molecule has 130 valence electrons. The number of aliphatic carboxylic acids is 2. The Kier molecular flexibility index (Phi) is 10.2. The zero-order chi connectivity index (χ0) is 17.3. The van der Waals surface area contributed by atoms with E-state index >= 15 is 0 Å². The third-order valence-electron chi connectivity index (χ3n) is 3.29. The van der Waals surface area contributed by atoms with Crippen LogP contribution in [0.5, 0.6) is 0 Å². The highest BCUT2D eigenvalue weighted by Gasteiger charge is 2.29. The van der Waals surface area contributed by atoms with Crippen molar-refractivity contribution in [1.82, 2.24) is 0 Å². The van der Waals surface area contributed by atoms with E-state index in [1.807, 2.05) is 0 Å². The van der Waals surface area contributed by atoms with E-state index in [9.17, 15) is 14.2 Å². The molecule has 0 aromatic heterocycles. The van der Waals surface area contributed by atoms with Gasteiger partial charge in [0.2, 0.25) is 0 Å². The van der Waals surface area contributed by atoms with Crippen LogP contribution in [0.3, 0.4) is 0 Å². The molecule has 9 nitrogen and oxygen atoms in total. The molecule has 0 bridgehead atoms. The first-order chi connectivity index (χ1) is 10.2. The molecule has 4 atom stereocenters. The predicted octanol–water partition coefficient (Wildman–Crippen LogP) is 0.286. The molecule has 6 N–H and O–H groups in total. The Morgan fingerprint density at radius 2 is 1.27 bits per heavy atom. The summed E-state index contributed by atoms with van der Waals surface area (Å²) in [5.41, 5.74) is 10.8. The lowest BCUT2D eigenvalue weighted by atomic mass is 10.0. The molecule has 0 saturated heterocycles. The van der Waals surface area contributed by atoms with Gasteiger partial charge in [0.15, 0.2) is 0 Å². The van der Waals surface area contributed by atoms with E-state index in [2.05, 4.69) is 0 Å². The van der Waals surface area contributed by atoms with Crippen LogP contribution < -0.4 is 11.5 Å². The highest BCUT2D eigenvalue weighted by molar-refractivity contribution is 7.33. The lowest BCUT2D eigenvalue weighted by Gasteiger charge is -2.24. The van der Waals surface area contributed by atoms with Gasteiger partial charge < -0.3 is 30.7 Å². The van der Waals surface area contributed by atoms with E-state index in [0.717, 1.165) is 0 Å². The molecule has 0 amide bonds. The van der Waals surface area contributed by atoms with Gasteiger partial charge in [-0.15, -0.1) is 0 Å². The summed E-state index contributed by atoms with van der Waals surface area (Å²) < 4.78 is 22.2. The van der Waals surface area contributed by atoms with Gasteiger partial charge in [-0.3, -0.25) is 14.2 Å². The highest BCUT2D eigenvalue weighted by Crippen LogP contribution is 2.34. The van der Waals surface area contributed by atoms with Crippen LogP contribution in [0.2, 0.25) is 0 Å². The maximum atomic E-state index is 11.9. The van der Waals surface area contributed by atoms with E-state index < -0.39 is 44.2 Å². The standard InChI is InChI=1S/C12H25N2O7P/c1-7(11(15)16)9(3-5-13)20-22(19)21-10(4-6-14)8(2)12(17)18/h7-10,22H,3-6,13-14H2,1-2H3,(H,15,16)(H,17,18). The van der Waals surface area contributed by atoms with Crippen molar-refractivity contribution in [2.75, 3.05) is 13.1 Å². The number of carboxylic acid groups (broad SMARTS) is 2. The van der Waals surface area contributed by atoms with Gasteiger partial charge in [0.05, 0.1) is 24.0 Å². The Morgan fingerprint density at radius 1 is 0.955 bits per heavy atom. The lowest BCUT2D eigenvalue weighted by molar-refractivity contribution is -0.144. The summed E-state index contributed by atoms with van der Waals surface area (Å²) in [6.07, 6.45) is -1.34. The average Bonchev–Trinajstić information content (AvgIpc) is 2.44. The van der Waals surface area contributed by atoms with E-state index in [1.165, 1.54) is 13.8 Å². The number of carbonyl (C=O) groups is 2. The summed E-state index contributed by atoms with van der Waals surface area (Å²) in [5, 5.41) is 17.9. The van der Waals surface area contributed by atoms with Crippen LogP contribution in [0.15, 0.2) is 0 Å². The summed E-state index contributed by atoms with van der Waals surface area (Å²) in [4.78, 5) is 21.9. The van der Waals surface area contributed by atoms with Crippen molar-refractivity contribution in [1.29, 1.82) is 0 Å². The van der Waals surface area contributed by atoms with Gasteiger partial charge >= 0.3 is 20.2 Å². The number of rotatable bonds is 12. The number of carboxylic acids is 2. The van der Waals surface area contributed by atoms with Gasteiger partial charge in [-0.25, -0.2) is 0 Å². The van der Waals surface area contributed by atoms with Crippen LogP contribution in [0.1, 0.15) is 26.7 Å². The van der Waals surface area contributed by atoms with Crippen molar-refractivity contribution >= 4 is 20.2 Å². The van der Waals surface area contributed by atoms with E-state index in [1.54, 1.807) is 0 Å². The summed E-state index contributed by atoms with van der Waals surface area (Å²) in [5.74, 6) is -4.03. The van der Waals surface area contributed by atoms with Crippen molar-refractivity contribution in [3.05, 3.63) is 0 Å². The van der Waals surface area contributed by atoms with Gasteiger partial charge in [-0.2, -0.15) is 0 Å². The molecule has 10 heteroatoms. The smallest absolute Gasteiger partial charge is 0.319 e. The molecular formula is C12H25N2O7P. The second-order valence-corrected chi connectivity index (χ2v) is 5.94. The topological polar surface area (TPSA) is 162 Å². The highest BCUT2D eigenvalue weighted by atomic mass is 31.1. The van der Waals surface area contributed by atoms with E-state index in [0.29, 0.717) is 0 Å². The van der Waals surface area contributed by atoms with Crippen LogP contribution in [0, 0.1) is 11.8 Å². The Hall–Kier alpha value is -0.990. The monoisotopic (exact) mass is 340 g/mol. The predicted molar refractivity (Wildman–Crippen MR) is 79.7 cm³/mol. The first-order valence-electron chi connectivity index (χ1n) is 6.97. The minimum absolute atomic E-state index is 0.162. The summed E-state index contributed by atoms with van der Waals surface area (Å²) in [7, 11) is -3.07. The van der Waals surface area contributed by atoms with Crippen molar-refractivity contribution < 1.29 is 33.4 Å². The summed E-state index contributed by atoms with van der Waals surface area (Å²) >= 11 is 0. The second-order valence-electron chi connectivity index (χ2n) is 4.97. The van der Waals surface area contributed by atoms with Crippen molar-refractivity contribution in [3.8, 4) is 0 Å². The van der Waals surface area contributed by atoms with Crippen molar-refractivity contribution in [2.45, 2.75) is 38.9 Å². The summed E-state index contributed by atoms with van der Waals surface area (Å²) in [6.45, 7) is 3.15. The van der Waals surface area contributed by atoms with Crippen LogP contribution in [-0.4, -0.2) is 47.4 Å². The normalized spacial score (nSPS) is 18.2. The van der Waals surface area contributed by atoms with E-state index in [4.69, 9.17) is 30.7 Å². The fourth-order valence-electron chi connectivity index (χ4n) is 1.74. The van der Waals surface area contributed by atoms with Crippen molar-refractivity contribution in [3.63, 3.8) is 0 Å². The zero-order valence-corrected chi connectivity index (χ0v) is 13.7. The quantitative estimate of drug-likeness (QED) is 0.365. The Balaban J connectivity index is 4.77. The third kappa shape index (κ3) is 7.33. The zero-order valence-electron chi connectivity index (χ0n) is 12.7. The molecule has 0 aromatic rings. The minimum Gasteiger partial charge on any atom is -0.481 e. The fourth-order valence-corrected chi connectivity index (χ4v) is 2.94. The SMILES string of the molecule is CC(C(=O)O)C(CCN)O[PH](=O)OC(CCN)C(C)C(=O)O. The van der Waals surface area contributed by atoms with Gasteiger partial charge in [-0.1, -0.05) is 0 Å².